The Bertz CT molecular complexity index is 336. The summed E-state index contributed by atoms with van der Waals surface area (Å²) in [5.41, 5.74) is 8.63. The first-order valence-corrected chi connectivity index (χ1v) is 6.81. The molecule has 1 atom stereocenters. The van der Waals surface area contributed by atoms with Crippen LogP contribution < -0.4 is 10.6 Å². The molecule has 1 unspecified atom stereocenters. The molecule has 1 aromatic carbocycles. The molecule has 2 heteroatoms. The Morgan fingerprint density at radius 1 is 1.24 bits per heavy atom. The smallest absolute Gasteiger partial charge is 0.0366 e. The van der Waals surface area contributed by atoms with Crippen molar-refractivity contribution in [3.8, 4) is 0 Å². The van der Waals surface area contributed by atoms with Crippen LogP contribution >= 0.6 is 0 Å². The number of nitrogens with zero attached hydrogens (tertiary/aromatic N) is 1. The van der Waals surface area contributed by atoms with E-state index in [1.165, 1.54) is 37.2 Å². The Morgan fingerprint density at radius 2 is 1.82 bits per heavy atom. The molecule has 0 bridgehead atoms. The normalized spacial score (nSPS) is 19.4. The van der Waals surface area contributed by atoms with Crippen LogP contribution in [0.25, 0.3) is 0 Å². The van der Waals surface area contributed by atoms with E-state index in [4.69, 9.17) is 5.73 Å². The molecule has 1 aliphatic rings. The molecule has 1 aromatic rings. The van der Waals surface area contributed by atoms with Gasteiger partial charge >= 0.3 is 0 Å². The molecule has 1 fully saturated rings. The van der Waals surface area contributed by atoms with E-state index >= 15 is 0 Å². The standard InChI is InChI=1S/C15H24N2/c1-3-15(16)13-4-6-14(7-5-13)17-10-8-12(2)9-11-17/h4-7,12,15H,3,8-11,16H2,1-2H3. The van der Waals surface area contributed by atoms with Crippen LogP contribution in [-0.2, 0) is 0 Å². The van der Waals surface area contributed by atoms with Gasteiger partial charge in [0.15, 0.2) is 0 Å². The van der Waals surface area contributed by atoms with Crippen LogP contribution in [0, 0.1) is 5.92 Å². The van der Waals surface area contributed by atoms with Crippen molar-refractivity contribution in [2.45, 2.75) is 39.2 Å². The third kappa shape index (κ3) is 3.01. The Hall–Kier alpha value is -1.02. The second-order valence-corrected chi connectivity index (χ2v) is 5.28. The SMILES string of the molecule is CCC(N)c1ccc(N2CCC(C)CC2)cc1. The zero-order valence-electron chi connectivity index (χ0n) is 11.0. The predicted molar refractivity (Wildman–Crippen MR) is 74.3 cm³/mol. The maximum Gasteiger partial charge on any atom is 0.0366 e. The fourth-order valence-electron chi connectivity index (χ4n) is 2.43. The van der Waals surface area contributed by atoms with Gasteiger partial charge in [0, 0.05) is 24.8 Å². The van der Waals surface area contributed by atoms with Crippen molar-refractivity contribution in [2.24, 2.45) is 11.7 Å². The number of hydrogen-bond donors (Lipinski definition) is 1. The molecule has 1 saturated heterocycles. The van der Waals surface area contributed by atoms with Gasteiger partial charge in [-0.1, -0.05) is 26.0 Å². The number of nitrogens with two attached hydrogens (primary N) is 1. The summed E-state index contributed by atoms with van der Waals surface area (Å²) in [7, 11) is 0. The Labute approximate surface area is 105 Å². The first-order valence-electron chi connectivity index (χ1n) is 6.81. The summed E-state index contributed by atoms with van der Waals surface area (Å²) < 4.78 is 0. The van der Waals surface area contributed by atoms with Gasteiger partial charge in [-0.2, -0.15) is 0 Å². The third-order valence-corrected chi connectivity index (χ3v) is 3.91. The maximum atomic E-state index is 6.03. The van der Waals surface area contributed by atoms with Crippen LogP contribution in [0.3, 0.4) is 0 Å². The largest absolute Gasteiger partial charge is 0.372 e. The summed E-state index contributed by atoms with van der Waals surface area (Å²) in [5, 5.41) is 0. The van der Waals surface area contributed by atoms with Crippen molar-refractivity contribution < 1.29 is 0 Å². The van der Waals surface area contributed by atoms with E-state index < -0.39 is 0 Å². The van der Waals surface area contributed by atoms with E-state index in [1.54, 1.807) is 0 Å². The van der Waals surface area contributed by atoms with Crippen molar-refractivity contribution in [1.29, 1.82) is 0 Å². The third-order valence-electron chi connectivity index (χ3n) is 3.91. The van der Waals surface area contributed by atoms with Gasteiger partial charge in [-0.15, -0.1) is 0 Å². The molecule has 2 N–H and O–H groups in total. The highest BCUT2D eigenvalue weighted by molar-refractivity contribution is 5.48. The molecule has 1 heterocycles. The van der Waals surface area contributed by atoms with Crippen LogP contribution in [0.5, 0.6) is 0 Å². The number of anilines is 1. The second kappa shape index (κ2) is 5.54. The molecule has 2 rings (SSSR count). The van der Waals surface area contributed by atoms with Crippen LogP contribution in [-0.4, -0.2) is 13.1 Å². The molecule has 94 valence electrons. The minimum Gasteiger partial charge on any atom is -0.372 e. The van der Waals surface area contributed by atoms with Crippen LogP contribution in [0.1, 0.15) is 44.7 Å². The Morgan fingerprint density at radius 3 is 2.35 bits per heavy atom. The molecule has 0 aliphatic carbocycles. The highest BCUT2D eigenvalue weighted by Crippen LogP contribution is 2.24. The van der Waals surface area contributed by atoms with E-state index in [0.717, 1.165) is 12.3 Å². The first-order chi connectivity index (χ1) is 8.20. The molecule has 1 aliphatic heterocycles. The fourth-order valence-corrected chi connectivity index (χ4v) is 2.43. The molecular weight excluding hydrogens is 208 g/mol. The van der Waals surface area contributed by atoms with Crippen molar-refractivity contribution in [2.75, 3.05) is 18.0 Å². The summed E-state index contributed by atoms with van der Waals surface area (Å²) in [4.78, 5) is 2.49. The van der Waals surface area contributed by atoms with Crippen LogP contribution in [0.2, 0.25) is 0 Å². The van der Waals surface area contributed by atoms with Crippen molar-refractivity contribution in [1.82, 2.24) is 0 Å². The number of rotatable bonds is 3. The first kappa shape index (κ1) is 12.4. The summed E-state index contributed by atoms with van der Waals surface area (Å²) in [5.74, 6) is 0.888. The second-order valence-electron chi connectivity index (χ2n) is 5.28. The van der Waals surface area contributed by atoms with Crippen LogP contribution in [0.4, 0.5) is 5.69 Å². The summed E-state index contributed by atoms with van der Waals surface area (Å²) in [6.07, 6.45) is 3.63. The summed E-state index contributed by atoms with van der Waals surface area (Å²) >= 11 is 0. The number of hydrogen-bond acceptors (Lipinski definition) is 2. The van der Waals surface area contributed by atoms with Crippen molar-refractivity contribution in [3.05, 3.63) is 29.8 Å². The topological polar surface area (TPSA) is 29.3 Å². The Balaban J connectivity index is 2.02. The van der Waals surface area contributed by atoms with Crippen LogP contribution in [0.15, 0.2) is 24.3 Å². The van der Waals surface area contributed by atoms with Gasteiger partial charge in [0.1, 0.15) is 0 Å². The average molecular weight is 232 g/mol. The summed E-state index contributed by atoms with van der Waals surface area (Å²) in [6.45, 7) is 6.87. The van der Waals surface area contributed by atoms with E-state index in [2.05, 4.69) is 43.0 Å². The van der Waals surface area contributed by atoms with Crippen molar-refractivity contribution in [3.63, 3.8) is 0 Å². The average Bonchev–Trinajstić information content (AvgIpc) is 2.39. The van der Waals surface area contributed by atoms with Gasteiger partial charge in [-0.3, -0.25) is 0 Å². The van der Waals surface area contributed by atoms with Gasteiger partial charge < -0.3 is 10.6 Å². The number of benzene rings is 1. The predicted octanol–water partition coefficient (Wildman–Crippen LogP) is 3.33. The van der Waals surface area contributed by atoms with Gasteiger partial charge in [0.2, 0.25) is 0 Å². The van der Waals surface area contributed by atoms with E-state index in [0.29, 0.717) is 0 Å². The van der Waals surface area contributed by atoms with Gasteiger partial charge in [0.25, 0.3) is 0 Å². The lowest BCUT2D eigenvalue weighted by Gasteiger charge is -2.32. The molecule has 17 heavy (non-hydrogen) atoms. The molecule has 0 radical (unpaired) electrons. The monoisotopic (exact) mass is 232 g/mol. The van der Waals surface area contributed by atoms with Crippen molar-refractivity contribution >= 4 is 5.69 Å². The molecule has 0 aromatic heterocycles. The van der Waals surface area contributed by atoms with Gasteiger partial charge in [-0.25, -0.2) is 0 Å². The molecule has 0 saturated carbocycles. The minimum absolute atomic E-state index is 0.186. The van der Waals surface area contributed by atoms with E-state index in [-0.39, 0.29) is 6.04 Å². The number of piperidine rings is 1. The fraction of sp³-hybridized carbons (Fsp3) is 0.600. The summed E-state index contributed by atoms with van der Waals surface area (Å²) in [6, 6.07) is 9.00. The van der Waals surface area contributed by atoms with Gasteiger partial charge in [0.05, 0.1) is 0 Å². The quantitative estimate of drug-likeness (QED) is 0.866. The maximum absolute atomic E-state index is 6.03. The van der Waals surface area contributed by atoms with E-state index in [1.807, 2.05) is 0 Å². The molecule has 2 nitrogen and oxygen atoms in total. The van der Waals surface area contributed by atoms with Gasteiger partial charge in [-0.05, 0) is 42.9 Å². The zero-order valence-corrected chi connectivity index (χ0v) is 11.0. The Kier molecular flexibility index (Phi) is 4.06. The molecular formula is C15H24N2. The highest BCUT2D eigenvalue weighted by atomic mass is 15.1. The highest BCUT2D eigenvalue weighted by Gasteiger charge is 2.15. The zero-order chi connectivity index (χ0) is 12.3. The lowest BCUT2D eigenvalue weighted by molar-refractivity contribution is 0.438. The van der Waals surface area contributed by atoms with E-state index in [9.17, 15) is 0 Å². The molecule has 0 spiro atoms. The minimum atomic E-state index is 0.186. The lowest BCUT2D eigenvalue weighted by Crippen LogP contribution is -2.32. The lowest BCUT2D eigenvalue weighted by atomic mass is 9.98. The molecule has 0 amide bonds.